The van der Waals surface area contributed by atoms with Gasteiger partial charge in [0.1, 0.15) is 0 Å². The maximum absolute atomic E-state index is 11.8. The maximum atomic E-state index is 11.8. The molecule has 0 aromatic carbocycles. The monoisotopic (exact) mass is 239 g/mol. The molecule has 1 aromatic heterocycles. The lowest BCUT2D eigenvalue weighted by Crippen LogP contribution is -2.25. The van der Waals surface area contributed by atoms with Crippen LogP contribution < -0.4 is 5.32 Å². The van der Waals surface area contributed by atoms with E-state index in [1.807, 2.05) is 20.8 Å². The number of amides is 1. The number of aryl methyl sites for hydroxylation is 2. The molecular weight excluding hydrogens is 218 g/mol. The highest BCUT2D eigenvalue weighted by Gasteiger charge is 2.14. The molecule has 0 spiro atoms. The van der Waals surface area contributed by atoms with E-state index in [2.05, 4.69) is 15.5 Å². The molecular formula is C12H21N3O2. The minimum Gasteiger partial charge on any atom is -0.396 e. The van der Waals surface area contributed by atoms with Crippen molar-refractivity contribution in [1.82, 2.24) is 15.5 Å². The van der Waals surface area contributed by atoms with Crippen LogP contribution in [0.25, 0.3) is 0 Å². The summed E-state index contributed by atoms with van der Waals surface area (Å²) in [6, 6.07) is 0. The van der Waals surface area contributed by atoms with Crippen LogP contribution in [0, 0.1) is 19.8 Å². The number of carbonyl (C=O) groups excluding carboxylic acids is 1. The maximum Gasteiger partial charge on any atom is 0.255 e. The third kappa shape index (κ3) is 3.85. The molecule has 0 radical (unpaired) electrons. The zero-order valence-corrected chi connectivity index (χ0v) is 10.7. The van der Waals surface area contributed by atoms with Crippen molar-refractivity contribution in [3.8, 4) is 0 Å². The molecule has 1 aromatic rings. The van der Waals surface area contributed by atoms with E-state index in [-0.39, 0.29) is 12.5 Å². The quantitative estimate of drug-likeness (QED) is 0.652. The van der Waals surface area contributed by atoms with Crippen molar-refractivity contribution in [3.63, 3.8) is 0 Å². The highest BCUT2D eigenvalue weighted by Crippen LogP contribution is 2.09. The van der Waals surface area contributed by atoms with E-state index in [0.29, 0.717) is 18.0 Å². The molecule has 17 heavy (non-hydrogen) atoms. The lowest BCUT2D eigenvalue weighted by atomic mass is 10.1. The van der Waals surface area contributed by atoms with Gasteiger partial charge in [-0.3, -0.25) is 9.89 Å². The summed E-state index contributed by atoms with van der Waals surface area (Å²) in [5, 5.41) is 18.5. The van der Waals surface area contributed by atoms with Crippen LogP contribution in [0.3, 0.4) is 0 Å². The summed E-state index contributed by atoms with van der Waals surface area (Å²) in [4.78, 5) is 11.8. The zero-order valence-electron chi connectivity index (χ0n) is 10.7. The van der Waals surface area contributed by atoms with Gasteiger partial charge in [-0.05, 0) is 32.6 Å². The number of aliphatic hydroxyl groups excluding tert-OH is 1. The predicted molar refractivity (Wildman–Crippen MR) is 65.9 cm³/mol. The number of H-pyrrole nitrogens is 1. The van der Waals surface area contributed by atoms with Gasteiger partial charge in [0.15, 0.2) is 0 Å². The molecule has 0 aliphatic heterocycles. The third-order valence-electron chi connectivity index (χ3n) is 2.83. The largest absolute Gasteiger partial charge is 0.396 e. The summed E-state index contributed by atoms with van der Waals surface area (Å²) < 4.78 is 0. The Labute approximate surface area is 102 Å². The molecule has 0 saturated heterocycles. The van der Waals surface area contributed by atoms with Gasteiger partial charge in [-0.25, -0.2) is 0 Å². The number of nitrogens with one attached hydrogen (secondary N) is 2. The van der Waals surface area contributed by atoms with Gasteiger partial charge in [-0.15, -0.1) is 0 Å². The number of carbonyl (C=O) groups is 1. The fourth-order valence-electron chi connectivity index (χ4n) is 1.72. The first-order chi connectivity index (χ1) is 8.06. The number of aromatic amines is 1. The van der Waals surface area contributed by atoms with E-state index in [0.717, 1.165) is 24.2 Å². The van der Waals surface area contributed by atoms with Gasteiger partial charge in [-0.2, -0.15) is 5.10 Å². The number of rotatable bonds is 6. The van der Waals surface area contributed by atoms with Crippen LogP contribution in [-0.2, 0) is 0 Å². The standard InChI is InChI=1S/C12H21N3O2/c1-8(7-16)5-4-6-13-12(17)11-9(2)14-15-10(11)3/h8,16H,4-7H2,1-3H3,(H,13,17)(H,14,15). The molecule has 0 aliphatic carbocycles. The lowest BCUT2D eigenvalue weighted by molar-refractivity contribution is 0.0951. The molecule has 3 N–H and O–H groups in total. The van der Waals surface area contributed by atoms with Crippen molar-refractivity contribution in [2.24, 2.45) is 5.92 Å². The van der Waals surface area contributed by atoms with E-state index in [1.54, 1.807) is 0 Å². The number of aliphatic hydroxyl groups is 1. The highest BCUT2D eigenvalue weighted by molar-refractivity contribution is 5.96. The van der Waals surface area contributed by atoms with E-state index in [4.69, 9.17) is 5.11 Å². The minimum absolute atomic E-state index is 0.0783. The fourth-order valence-corrected chi connectivity index (χ4v) is 1.72. The predicted octanol–water partition coefficient (Wildman–Crippen LogP) is 1.16. The lowest BCUT2D eigenvalue weighted by Gasteiger charge is -2.08. The van der Waals surface area contributed by atoms with E-state index < -0.39 is 0 Å². The average molecular weight is 239 g/mol. The molecule has 0 bridgehead atoms. The van der Waals surface area contributed by atoms with Gasteiger partial charge in [0.25, 0.3) is 5.91 Å². The normalized spacial score (nSPS) is 12.5. The van der Waals surface area contributed by atoms with E-state index in [1.165, 1.54) is 0 Å². The summed E-state index contributed by atoms with van der Waals surface area (Å²) in [6.45, 7) is 6.47. The Kier molecular flexibility index (Phi) is 5.15. The summed E-state index contributed by atoms with van der Waals surface area (Å²) in [7, 11) is 0. The molecule has 1 atom stereocenters. The first kappa shape index (κ1) is 13.7. The molecule has 0 aliphatic rings. The van der Waals surface area contributed by atoms with Crippen molar-refractivity contribution in [2.75, 3.05) is 13.2 Å². The second kappa shape index (κ2) is 6.39. The second-order valence-electron chi connectivity index (χ2n) is 4.49. The Morgan fingerprint density at radius 2 is 2.24 bits per heavy atom. The number of aromatic nitrogens is 2. The van der Waals surface area contributed by atoms with Crippen LogP contribution in [0.2, 0.25) is 0 Å². The topological polar surface area (TPSA) is 78.0 Å². The molecule has 5 heteroatoms. The molecule has 5 nitrogen and oxygen atoms in total. The van der Waals surface area contributed by atoms with Gasteiger partial charge in [0.05, 0.1) is 11.3 Å². The second-order valence-corrected chi connectivity index (χ2v) is 4.49. The Morgan fingerprint density at radius 1 is 1.53 bits per heavy atom. The van der Waals surface area contributed by atoms with Gasteiger partial charge in [0, 0.05) is 18.8 Å². The SMILES string of the molecule is Cc1n[nH]c(C)c1C(=O)NCCCC(C)CO. The van der Waals surface area contributed by atoms with Gasteiger partial charge < -0.3 is 10.4 Å². The van der Waals surface area contributed by atoms with Gasteiger partial charge in [-0.1, -0.05) is 6.92 Å². The Balaban J connectivity index is 2.36. The Morgan fingerprint density at radius 3 is 2.76 bits per heavy atom. The highest BCUT2D eigenvalue weighted by atomic mass is 16.3. The molecule has 1 unspecified atom stereocenters. The van der Waals surface area contributed by atoms with Crippen molar-refractivity contribution >= 4 is 5.91 Å². The van der Waals surface area contributed by atoms with Crippen molar-refractivity contribution in [3.05, 3.63) is 17.0 Å². The zero-order chi connectivity index (χ0) is 12.8. The summed E-state index contributed by atoms with van der Waals surface area (Å²) in [5.74, 6) is 0.217. The fraction of sp³-hybridized carbons (Fsp3) is 0.667. The molecule has 0 fully saturated rings. The minimum atomic E-state index is -0.0783. The van der Waals surface area contributed by atoms with Crippen LogP contribution >= 0.6 is 0 Å². The van der Waals surface area contributed by atoms with Gasteiger partial charge in [0.2, 0.25) is 0 Å². The first-order valence-electron chi connectivity index (χ1n) is 5.96. The van der Waals surface area contributed by atoms with Crippen molar-refractivity contribution in [2.45, 2.75) is 33.6 Å². The third-order valence-corrected chi connectivity index (χ3v) is 2.83. The molecule has 1 heterocycles. The summed E-state index contributed by atoms with van der Waals surface area (Å²) in [5.41, 5.74) is 2.16. The molecule has 1 rings (SSSR count). The van der Waals surface area contributed by atoms with Crippen molar-refractivity contribution in [1.29, 1.82) is 0 Å². The first-order valence-corrected chi connectivity index (χ1v) is 5.96. The van der Waals surface area contributed by atoms with Crippen LogP contribution in [0.15, 0.2) is 0 Å². The average Bonchev–Trinajstić information content (AvgIpc) is 2.64. The Hall–Kier alpha value is -1.36. The van der Waals surface area contributed by atoms with Crippen LogP contribution in [0.1, 0.15) is 41.5 Å². The van der Waals surface area contributed by atoms with Gasteiger partial charge >= 0.3 is 0 Å². The van der Waals surface area contributed by atoms with Crippen molar-refractivity contribution < 1.29 is 9.90 Å². The summed E-state index contributed by atoms with van der Waals surface area (Å²) in [6.07, 6.45) is 1.80. The number of hydrogen-bond acceptors (Lipinski definition) is 3. The van der Waals surface area contributed by atoms with E-state index >= 15 is 0 Å². The Bertz CT molecular complexity index is 354. The summed E-state index contributed by atoms with van der Waals surface area (Å²) >= 11 is 0. The van der Waals surface area contributed by atoms with E-state index in [9.17, 15) is 4.79 Å². The van der Waals surface area contributed by atoms with Crippen LogP contribution in [0.5, 0.6) is 0 Å². The molecule has 96 valence electrons. The van der Waals surface area contributed by atoms with Crippen LogP contribution in [-0.4, -0.2) is 34.4 Å². The smallest absolute Gasteiger partial charge is 0.255 e. The molecule has 1 amide bonds. The number of nitrogens with zero attached hydrogens (tertiary/aromatic N) is 1. The number of hydrogen-bond donors (Lipinski definition) is 3. The molecule has 0 saturated carbocycles. The van der Waals surface area contributed by atoms with Crippen LogP contribution in [0.4, 0.5) is 0 Å².